The molecule has 38 heavy (non-hydrogen) atoms. The van der Waals surface area contributed by atoms with E-state index >= 15 is 0 Å². The molecule has 1 aromatic carbocycles. The van der Waals surface area contributed by atoms with Gasteiger partial charge in [-0.25, -0.2) is 4.79 Å². The highest BCUT2D eigenvalue weighted by molar-refractivity contribution is 5.95. The van der Waals surface area contributed by atoms with Crippen LogP contribution in [0.2, 0.25) is 0 Å². The second kappa shape index (κ2) is 13.9. The molecule has 3 rings (SSSR count). The highest BCUT2D eigenvalue weighted by Crippen LogP contribution is 2.27. The number of hydrogen-bond donors (Lipinski definition) is 3. The van der Waals surface area contributed by atoms with Crippen LogP contribution in [0.25, 0.3) is 0 Å². The molecule has 3 amide bonds. The van der Waals surface area contributed by atoms with Gasteiger partial charge in [0.15, 0.2) is 5.78 Å². The number of carbonyl (C=O) groups is 5. The number of likely N-dealkylation sites (tertiary alicyclic amines) is 2. The van der Waals surface area contributed by atoms with E-state index in [4.69, 9.17) is 0 Å². The zero-order valence-electron chi connectivity index (χ0n) is 22.1. The Morgan fingerprint density at radius 3 is 2.24 bits per heavy atom. The Kier molecular flexibility index (Phi) is 10.7. The minimum Gasteiger partial charge on any atom is -0.508 e. The molecule has 1 unspecified atom stereocenters. The molecule has 2 saturated heterocycles. The van der Waals surface area contributed by atoms with Crippen LogP contribution in [0.15, 0.2) is 24.3 Å². The lowest BCUT2D eigenvalue weighted by Crippen LogP contribution is -2.51. The number of unbranched alkanes of at least 4 members (excludes halogenated alkanes) is 2. The van der Waals surface area contributed by atoms with Gasteiger partial charge in [-0.3, -0.25) is 19.2 Å². The number of Topliss-reactive ketones (excluding diaryl/α,β-unsaturated/α-hetero) is 1. The van der Waals surface area contributed by atoms with Gasteiger partial charge in [-0.15, -0.1) is 0 Å². The van der Waals surface area contributed by atoms with E-state index in [1.54, 1.807) is 21.9 Å². The van der Waals surface area contributed by atoms with Crippen molar-refractivity contribution in [2.24, 2.45) is 0 Å². The zero-order valence-corrected chi connectivity index (χ0v) is 22.1. The largest absolute Gasteiger partial charge is 0.508 e. The Labute approximate surface area is 223 Å². The van der Waals surface area contributed by atoms with Gasteiger partial charge in [0.25, 0.3) is 0 Å². The van der Waals surface area contributed by atoms with Crippen LogP contribution in [-0.2, 0) is 30.4 Å². The molecule has 0 spiro atoms. The van der Waals surface area contributed by atoms with E-state index in [1.807, 2.05) is 0 Å². The number of amides is 3. The molecule has 0 aromatic heterocycles. The minimum absolute atomic E-state index is 0.00617. The predicted octanol–water partition coefficient (Wildman–Crippen LogP) is 2.42. The van der Waals surface area contributed by atoms with Crippen molar-refractivity contribution in [3.8, 4) is 5.75 Å². The highest BCUT2D eigenvalue weighted by Gasteiger charge is 2.41. The Morgan fingerprint density at radius 2 is 1.58 bits per heavy atom. The van der Waals surface area contributed by atoms with Crippen LogP contribution in [0.1, 0.15) is 76.7 Å². The number of carboxylic acid groups (broad SMARTS) is 1. The van der Waals surface area contributed by atoms with Crippen LogP contribution in [0.3, 0.4) is 0 Å². The van der Waals surface area contributed by atoms with E-state index < -0.39 is 30.0 Å². The molecule has 10 nitrogen and oxygen atoms in total. The van der Waals surface area contributed by atoms with Gasteiger partial charge in [-0.05, 0) is 49.8 Å². The van der Waals surface area contributed by atoms with Crippen LogP contribution in [0.4, 0.5) is 0 Å². The van der Waals surface area contributed by atoms with Crippen molar-refractivity contribution in [3.05, 3.63) is 29.8 Å². The van der Waals surface area contributed by atoms with Gasteiger partial charge >= 0.3 is 5.97 Å². The second-order valence-electron chi connectivity index (χ2n) is 10.2. The summed E-state index contributed by atoms with van der Waals surface area (Å²) in [4.78, 5) is 66.5. The van der Waals surface area contributed by atoms with Crippen molar-refractivity contribution in [1.29, 1.82) is 0 Å². The van der Waals surface area contributed by atoms with Crippen molar-refractivity contribution in [1.82, 2.24) is 15.1 Å². The Hall–Kier alpha value is -3.43. The third-order valence-corrected chi connectivity index (χ3v) is 7.37. The summed E-state index contributed by atoms with van der Waals surface area (Å²) < 4.78 is 0. The Morgan fingerprint density at radius 1 is 0.921 bits per heavy atom. The first-order chi connectivity index (χ1) is 18.2. The molecule has 0 radical (unpaired) electrons. The highest BCUT2D eigenvalue weighted by atomic mass is 16.4. The first-order valence-electron chi connectivity index (χ1n) is 13.6. The van der Waals surface area contributed by atoms with Crippen molar-refractivity contribution in [2.75, 3.05) is 13.1 Å². The third-order valence-electron chi connectivity index (χ3n) is 7.37. The number of nitrogens with zero attached hydrogens (tertiary/aromatic N) is 2. The number of carboxylic acids is 1. The molecule has 0 saturated carbocycles. The van der Waals surface area contributed by atoms with Crippen LogP contribution < -0.4 is 5.32 Å². The minimum atomic E-state index is -1.20. The maximum atomic E-state index is 13.4. The molecule has 3 atom stereocenters. The summed E-state index contributed by atoms with van der Waals surface area (Å²) >= 11 is 0. The lowest BCUT2D eigenvalue weighted by Gasteiger charge is -2.31. The average Bonchev–Trinajstić information content (AvgIpc) is 3.58. The van der Waals surface area contributed by atoms with Gasteiger partial charge in [0.05, 0.1) is 6.04 Å². The van der Waals surface area contributed by atoms with Crippen LogP contribution in [-0.4, -0.2) is 80.7 Å². The number of benzene rings is 1. The number of phenols is 1. The summed E-state index contributed by atoms with van der Waals surface area (Å²) in [5.41, 5.74) is 0.636. The van der Waals surface area contributed by atoms with Crippen LogP contribution >= 0.6 is 0 Å². The van der Waals surface area contributed by atoms with E-state index in [2.05, 4.69) is 12.2 Å². The maximum absolute atomic E-state index is 13.4. The normalized spacial score (nSPS) is 19.8. The molecule has 1 aromatic rings. The fourth-order valence-electron chi connectivity index (χ4n) is 5.29. The van der Waals surface area contributed by atoms with Crippen molar-refractivity contribution in [2.45, 2.75) is 95.7 Å². The van der Waals surface area contributed by atoms with Crippen molar-refractivity contribution in [3.63, 3.8) is 0 Å². The fraction of sp³-hybridized carbons (Fsp3) is 0.607. The smallest absolute Gasteiger partial charge is 0.326 e. The lowest BCUT2D eigenvalue weighted by molar-refractivity contribution is -0.146. The lowest BCUT2D eigenvalue weighted by atomic mass is 10.0. The summed E-state index contributed by atoms with van der Waals surface area (Å²) in [6.45, 7) is 3.08. The predicted molar refractivity (Wildman–Crippen MR) is 139 cm³/mol. The summed E-state index contributed by atoms with van der Waals surface area (Å²) in [5, 5.41) is 21.4. The standard InChI is InChI=1S/C28H39N3O7/c1-2-3-4-9-26(35)30-16-6-8-23(30)27(36)31-17-5-7-22(31)24(33)14-15-25(34)29-21(28(37)38)18-19-10-12-20(32)13-11-19/h10-13,21-23,32H,2-9,14-18H2,1H3,(H,29,34)(H,37,38)/t21-,22-,23?/m0/s1. The molecule has 2 aliphatic heterocycles. The number of carbonyl (C=O) groups excluding carboxylic acids is 4. The van der Waals surface area contributed by atoms with E-state index in [0.29, 0.717) is 44.3 Å². The quantitative estimate of drug-likeness (QED) is 0.333. The van der Waals surface area contributed by atoms with Crippen molar-refractivity contribution < 1.29 is 34.2 Å². The second-order valence-corrected chi connectivity index (χ2v) is 10.2. The van der Waals surface area contributed by atoms with Crippen molar-refractivity contribution >= 4 is 29.5 Å². The third kappa shape index (κ3) is 7.79. The van der Waals surface area contributed by atoms with E-state index in [1.165, 1.54) is 12.1 Å². The van der Waals surface area contributed by atoms with Gasteiger partial charge < -0.3 is 25.3 Å². The summed E-state index contributed by atoms with van der Waals surface area (Å²) in [6.07, 6.45) is 5.53. The SMILES string of the molecule is CCCCCC(=O)N1CCCC1C(=O)N1CCC[C@H]1C(=O)CCC(=O)N[C@@H](Cc1ccc(O)cc1)C(=O)O. The molecule has 3 N–H and O–H groups in total. The monoisotopic (exact) mass is 529 g/mol. The maximum Gasteiger partial charge on any atom is 0.326 e. The number of aliphatic carboxylic acids is 1. The fourth-order valence-corrected chi connectivity index (χ4v) is 5.29. The molecule has 2 heterocycles. The number of nitrogens with one attached hydrogen (secondary N) is 1. The molecule has 0 aliphatic carbocycles. The summed E-state index contributed by atoms with van der Waals surface area (Å²) in [5.74, 6) is -2.12. The molecule has 10 heteroatoms. The molecule has 208 valence electrons. The number of hydrogen-bond acceptors (Lipinski definition) is 6. The molecular formula is C28H39N3O7. The van der Waals surface area contributed by atoms with Crippen LogP contribution in [0.5, 0.6) is 5.75 Å². The molecule has 0 bridgehead atoms. The topological polar surface area (TPSA) is 144 Å². The number of rotatable bonds is 13. The number of ketones is 1. The Bertz CT molecular complexity index is 1010. The molecule has 2 fully saturated rings. The average molecular weight is 530 g/mol. The van der Waals surface area contributed by atoms with Crippen LogP contribution in [0, 0.1) is 0 Å². The molecule has 2 aliphatic rings. The van der Waals surface area contributed by atoms with Gasteiger partial charge in [-0.1, -0.05) is 31.9 Å². The summed E-state index contributed by atoms with van der Waals surface area (Å²) in [6, 6.07) is 3.72. The Balaban J connectivity index is 1.52. The first-order valence-corrected chi connectivity index (χ1v) is 13.6. The zero-order chi connectivity index (χ0) is 27.7. The number of phenolic OH excluding ortho intramolecular Hbond substituents is 1. The van der Waals surface area contributed by atoms with E-state index in [9.17, 15) is 34.2 Å². The van der Waals surface area contributed by atoms with Gasteiger partial charge in [-0.2, -0.15) is 0 Å². The first kappa shape index (κ1) is 29.1. The molecular weight excluding hydrogens is 490 g/mol. The number of aromatic hydroxyl groups is 1. The van der Waals surface area contributed by atoms with E-state index in [-0.39, 0.29) is 42.6 Å². The van der Waals surface area contributed by atoms with E-state index in [0.717, 1.165) is 25.7 Å². The van der Waals surface area contributed by atoms with Gasteiger partial charge in [0.2, 0.25) is 17.7 Å². The summed E-state index contributed by atoms with van der Waals surface area (Å²) in [7, 11) is 0. The van der Waals surface area contributed by atoms with Gasteiger partial charge in [0, 0.05) is 38.8 Å². The van der Waals surface area contributed by atoms with Gasteiger partial charge in [0.1, 0.15) is 17.8 Å².